The second-order valence-electron chi connectivity index (χ2n) is 6.87. The highest BCUT2D eigenvalue weighted by Crippen LogP contribution is 2.49. The molecule has 0 bridgehead atoms. The van der Waals surface area contributed by atoms with E-state index in [9.17, 15) is 13.2 Å². The summed E-state index contributed by atoms with van der Waals surface area (Å²) < 4.78 is 33.7. The van der Waals surface area contributed by atoms with Gasteiger partial charge in [0, 0.05) is 23.6 Å². The van der Waals surface area contributed by atoms with Gasteiger partial charge in [0.05, 0.1) is 18.2 Å². The molecule has 1 aliphatic carbocycles. The zero-order chi connectivity index (χ0) is 18.4. The van der Waals surface area contributed by atoms with Gasteiger partial charge in [-0.1, -0.05) is 24.6 Å². The molecular weight excluding hydrogens is 354 g/mol. The minimum atomic E-state index is -3.84. The van der Waals surface area contributed by atoms with Gasteiger partial charge >= 0.3 is 10.1 Å². The number of fused-ring (bicyclic) bond motifs is 3. The lowest BCUT2D eigenvalue weighted by atomic mass is 9.66. The molecule has 2 aromatic rings. The van der Waals surface area contributed by atoms with Crippen LogP contribution >= 0.6 is 0 Å². The molecule has 1 aromatic carbocycles. The van der Waals surface area contributed by atoms with Crippen molar-refractivity contribution in [3.63, 3.8) is 0 Å². The van der Waals surface area contributed by atoms with E-state index in [-0.39, 0.29) is 16.9 Å². The molecule has 136 valence electrons. The molecule has 0 radical (unpaired) electrons. The second-order valence-corrected chi connectivity index (χ2v) is 8.44. The molecule has 1 unspecified atom stereocenters. The van der Waals surface area contributed by atoms with Gasteiger partial charge in [0.25, 0.3) is 0 Å². The van der Waals surface area contributed by atoms with Crippen LogP contribution in [-0.2, 0) is 22.0 Å². The monoisotopic (exact) mass is 373 g/mol. The lowest BCUT2D eigenvalue weighted by Gasteiger charge is -2.35. The van der Waals surface area contributed by atoms with Crippen molar-refractivity contribution in [2.24, 2.45) is 4.99 Å². The van der Waals surface area contributed by atoms with E-state index in [0.29, 0.717) is 6.42 Å². The molecule has 0 N–H and O–H groups in total. The number of hydrogen-bond donors (Lipinski definition) is 0. The Morgan fingerprint density at radius 1 is 1.23 bits per heavy atom. The maximum atomic E-state index is 12.2. The molecule has 0 spiro atoms. The van der Waals surface area contributed by atoms with E-state index in [2.05, 4.69) is 6.07 Å². The number of hydrogen-bond acceptors (Lipinski definition) is 6. The Labute approximate surface area is 151 Å². The zero-order valence-corrected chi connectivity index (χ0v) is 15.2. The summed E-state index contributed by atoms with van der Waals surface area (Å²) in [5.74, 6) is -0.00657. The molecular formula is C19H19NO5S. The summed E-state index contributed by atoms with van der Waals surface area (Å²) in [6.07, 6.45) is 6.41. The summed E-state index contributed by atoms with van der Waals surface area (Å²) in [5, 5.41) is 0. The van der Waals surface area contributed by atoms with Gasteiger partial charge in [-0.15, -0.1) is 0 Å². The van der Waals surface area contributed by atoms with Gasteiger partial charge in [-0.2, -0.15) is 8.42 Å². The van der Waals surface area contributed by atoms with E-state index < -0.39 is 15.5 Å². The highest BCUT2D eigenvalue weighted by atomic mass is 32.2. The molecule has 2 aliphatic rings. The van der Waals surface area contributed by atoms with Crippen LogP contribution in [0.1, 0.15) is 37.0 Å². The van der Waals surface area contributed by atoms with Crippen LogP contribution in [0.5, 0.6) is 5.75 Å². The molecule has 6 nitrogen and oxygen atoms in total. The number of aliphatic imine (C=N–C) groups is 1. The Kier molecular flexibility index (Phi) is 3.99. The molecule has 4 rings (SSSR count). The molecule has 1 aliphatic heterocycles. The van der Waals surface area contributed by atoms with Crippen LogP contribution in [0.4, 0.5) is 5.69 Å². The Bertz CT molecular complexity index is 1050. The van der Waals surface area contributed by atoms with Gasteiger partial charge < -0.3 is 8.60 Å². The average molecular weight is 373 g/mol. The van der Waals surface area contributed by atoms with Gasteiger partial charge in [0.1, 0.15) is 0 Å². The van der Waals surface area contributed by atoms with Crippen LogP contribution in [0.2, 0.25) is 0 Å². The molecule has 26 heavy (non-hydrogen) atoms. The minimum absolute atomic E-state index is 0.245. The molecule has 1 fully saturated rings. The topological polar surface area (TPSA) is 85.9 Å². The van der Waals surface area contributed by atoms with Crippen LogP contribution in [0.25, 0.3) is 0 Å². The average Bonchev–Trinajstić information content (AvgIpc) is 2.91. The summed E-state index contributed by atoms with van der Waals surface area (Å²) in [5.41, 5.74) is 2.23. The highest BCUT2D eigenvalue weighted by Gasteiger charge is 2.45. The van der Waals surface area contributed by atoms with Crippen LogP contribution in [0, 0.1) is 0 Å². The summed E-state index contributed by atoms with van der Waals surface area (Å²) in [4.78, 5) is 17.0. The fraction of sp³-hybridized carbons (Fsp3) is 0.368. The van der Waals surface area contributed by atoms with Crippen molar-refractivity contribution >= 4 is 21.5 Å². The first-order valence-electron chi connectivity index (χ1n) is 8.57. The van der Waals surface area contributed by atoms with E-state index in [4.69, 9.17) is 13.6 Å². The van der Waals surface area contributed by atoms with Crippen molar-refractivity contribution in [3.8, 4) is 5.75 Å². The van der Waals surface area contributed by atoms with Crippen LogP contribution in [-0.4, -0.2) is 20.4 Å². The maximum Gasteiger partial charge on any atom is 0.306 e. The predicted molar refractivity (Wildman–Crippen MR) is 97.8 cm³/mol. The van der Waals surface area contributed by atoms with Gasteiger partial charge in [0.15, 0.2) is 5.76 Å². The number of benzene rings is 1. The highest BCUT2D eigenvalue weighted by molar-refractivity contribution is 7.86. The first-order valence-corrected chi connectivity index (χ1v) is 10.4. The van der Waals surface area contributed by atoms with E-state index >= 15 is 0 Å². The number of para-hydroxylation sites is 1. The quantitative estimate of drug-likeness (QED) is 0.769. The molecule has 0 amide bonds. The molecule has 1 aromatic heterocycles. The zero-order valence-electron chi connectivity index (χ0n) is 14.4. The standard InChI is InChI=1S/C19H19NO5S/c1-26(22,23)25-18-15(21)9-11-24-16(18)12-19-10-5-4-8-17(19)20-14-7-3-2-6-13(14)19/h2-3,6-7,9,11H,4-5,8,10,12H2,1H3. The Morgan fingerprint density at radius 3 is 2.85 bits per heavy atom. The smallest absolute Gasteiger partial charge is 0.306 e. The predicted octanol–water partition coefficient (Wildman–Crippen LogP) is 3.12. The van der Waals surface area contributed by atoms with E-state index in [1.807, 2.05) is 18.2 Å². The fourth-order valence-electron chi connectivity index (χ4n) is 4.04. The van der Waals surface area contributed by atoms with Crippen LogP contribution in [0.3, 0.4) is 0 Å². The van der Waals surface area contributed by atoms with Gasteiger partial charge in [-0.3, -0.25) is 9.79 Å². The summed E-state index contributed by atoms with van der Waals surface area (Å²) in [6, 6.07) is 9.13. The summed E-state index contributed by atoms with van der Waals surface area (Å²) in [6.45, 7) is 0. The van der Waals surface area contributed by atoms with Crippen LogP contribution in [0.15, 0.2) is 50.8 Å². The van der Waals surface area contributed by atoms with E-state index in [1.54, 1.807) is 0 Å². The Hall–Kier alpha value is -2.41. The largest absolute Gasteiger partial charge is 0.465 e. The first-order chi connectivity index (χ1) is 12.4. The van der Waals surface area contributed by atoms with Crippen molar-refractivity contribution in [1.29, 1.82) is 0 Å². The van der Waals surface area contributed by atoms with Gasteiger partial charge in [-0.25, -0.2) is 0 Å². The van der Waals surface area contributed by atoms with Crippen molar-refractivity contribution in [1.82, 2.24) is 0 Å². The molecule has 2 heterocycles. The lowest BCUT2D eigenvalue weighted by Crippen LogP contribution is -2.38. The Balaban J connectivity index is 1.83. The summed E-state index contributed by atoms with van der Waals surface area (Å²) >= 11 is 0. The fourth-order valence-corrected chi connectivity index (χ4v) is 4.52. The molecule has 1 atom stereocenters. The third-order valence-electron chi connectivity index (χ3n) is 5.10. The third kappa shape index (κ3) is 2.86. The van der Waals surface area contributed by atoms with E-state index in [1.165, 1.54) is 12.3 Å². The van der Waals surface area contributed by atoms with Crippen molar-refractivity contribution in [3.05, 3.63) is 58.1 Å². The van der Waals surface area contributed by atoms with Crippen molar-refractivity contribution in [2.75, 3.05) is 6.26 Å². The SMILES string of the molecule is CS(=O)(=O)Oc1c(CC23CCCCC2=Nc2ccccc23)occc1=O. The first kappa shape index (κ1) is 17.0. The second kappa shape index (κ2) is 6.09. The van der Waals surface area contributed by atoms with Crippen LogP contribution < -0.4 is 9.61 Å². The van der Waals surface area contributed by atoms with Gasteiger partial charge in [0.2, 0.25) is 11.2 Å². The number of rotatable bonds is 4. The van der Waals surface area contributed by atoms with E-state index in [0.717, 1.165) is 48.9 Å². The normalized spacial score (nSPS) is 21.7. The minimum Gasteiger partial charge on any atom is -0.465 e. The van der Waals surface area contributed by atoms with Crippen molar-refractivity contribution in [2.45, 2.75) is 37.5 Å². The molecule has 1 saturated carbocycles. The number of nitrogens with zero attached hydrogens (tertiary/aromatic N) is 1. The molecule has 7 heteroatoms. The lowest BCUT2D eigenvalue weighted by molar-refractivity contribution is 0.380. The maximum absolute atomic E-state index is 12.2. The van der Waals surface area contributed by atoms with Crippen molar-refractivity contribution < 1.29 is 17.0 Å². The summed E-state index contributed by atoms with van der Waals surface area (Å²) in [7, 11) is -3.84. The Morgan fingerprint density at radius 2 is 2.04 bits per heavy atom. The third-order valence-corrected chi connectivity index (χ3v) is 5.57. The molecule has 0 saturated heterocycles. The van der Waals surface area contributed by atoms with Gasteiger partial charge in [-0.05, 0) is 30.9 Å².